The molecule has 1 fully saturated rings. The van der Waals surface area contributed by atoms with E-state index in [0.29, 0.717) is 12.1 Å². The Kier molecular flexibility index (Phi) is 4.42. The first-order valence-corrected chi connectivity index (χ1v) is 8.25. The van der Waals surface area contributed by atoms with Gasteiger partial charge < -0.3 is 14.6 Å². The molecular weight excluding hydrogens is 304 g/mol. The van der Waals surface area contributed by atoms with Gasteiger partial charge in [-0.25, -0.2) is 4.79 Å². The molecule has 0 aliphatic carbocycles. The van der Waals surface area contributed by atoms with Crippen LogP contribution in [0.3, 0.4) is 0 Å². The maximum atomic E-state index is 12.4. The molecule has 5 nitrogen and oxygen atoms in total. The molecule has 132 valence electrons. The van der Waals surface area contributed by atoms with Gasteiger partial charge in [-0.05, 0) is 51.8 Å². The molecule has 1 N–H and O–H groups in total. The Bertz CT molecular complexity index is 718. The molecule has 0 atom stereocenters. The van der Waals surface area contributed by atoms with Gasteiger partial charge in [-0.3, -0.25) is 4.79 Å². The lowest BCUT2D eigenvalue weighted by Crippen LogP contribution is -2.26. The van der Waals surface area contributed by atoms with Crippen LogP contribution in [0.2, 0.25) is 0 Å². The van der Waals surface area contributed by atoms with Crippen molar-refractivity contribution in [1.82, 2.24) is 9.88 Å². The zero-order valence-corrected chi connectivity index (χ0v) is 16.0. The minimum absolute atomic E-state index is 0.113. The van der Waals surface area contributed by atoms with Crippen molar-refractivity contribution in [2.24, 2.45) is 5.41 Å². The number of aromatic amines is 1. The van der Waals surface area contributed by atoms with E-state index >= 15 is 0 Å². The van der Waals surface area contributed by atoms with E-state index in [1.54, 1.807) is 11.9 Å². The standard InChI is InChI=1S/C19H28N2O3/c1-11-12(2)15(16(22)24-18(3,4)5)20-14(11)9-13-10-19(6,7)17(23)21(13)8/h9,20H,10H2,1-8H3/b13-9+. The van der Waals surface area contributed by atoms with Gasteiger partial charge in [-0.15, -0.1) is 0 Å². The number of carbonyl (C=O) groups is 2. The predicted octanol–water partition coefficient (Wildman–Crippen LogP) is 3.82. The van der Waals surface area contributed by atoms with Crippen LogP contribution in [0.1, 0.15) is 68.3 Å². The monoisotopic (exact) mass is 332 g/mol. The Morgan fingerprint density at radius 1 is 1.25 bits per heavy atom. The van der Waals surface area contributed by atoms with Crippen LogP contribution in [0.4, 0.5) is 0 Å². The fourth-order valence-corrected chi connectivity index (χ4v) is 2.94. The smallest absolute Gasteiger partial charge is 0.355 e. The average Bonchev–Trinajstić information content (AvgIpc) is 2.80. The van der Waals surface area contributed by atoms with E-state index in [-0.39, 0.29) is 17.3 Å². The van der Waals surface area contributed by atoms with E-state index in [2.05, 4.69) is 4.98 Å². The van der Waals surface area contributed by atoms with Gasteiger partial charge in [0.2, 0.25) is 5.91 Å². The number of esters is 1. The lowest BCUT2D eigenvalue weighted by atomic mass is 9.91. The molecule has 0 spiro atoms. The lowest BCUT2D eigenvalue weighted by Gasteiger charge is -2.19. The maximum absolute atomic E-state index is 12.4. The number of hydrogen-bond donors (Lipinski definition) is 1. The van der Waals surface area contributed by atoms with Crippen LogP contribution in [-0.4, -0.2) is 34.4 Å². The number of carbonyl (C=O) groups excluding carboxylic acids is 2. The Morgan fingerprint density at radius 2 is 1.83 bits per heavy atom. The molecular formula is C19H28N2O3. The molecule has 0 bridgehead atoms. The van der Waals surface area contributed by atoms with Gasteiger partial charge in [0.25, 0.3) is 0 Å². The fourth-order valence-electron chi connectivity index (χ4n) is 2.94. The van der Waals surface area contributed by atoms with Gasteiger partial charge in [0, 0.05) is 30.3 Å². The molecule has 2 heterocycles. The summed E-state index contributed by atoms with van der Waals surface area (Å²) < 4.78 is 5.46. The summed E-state index contributed by atoms with van der Waals surface area (Å²) in [6, 6.07) is 0. The Balaban J connectivity index is 2.37. The van der Waals surface area contributed by atoms with E-state index in [1.165, 1.54) is 0 Å². The number of likely N-dealkylation sites (tertiary alicyclic amines) is 1. The minimum atomic E-state index is -0.538. The highest BCUT2D eigenvalue weighted by molar-refractivity contribution is 5.91. The predicted molar refractivity (Wildman–Crippen MR) is 94.6 cm³/mol. The number of aromatic nitrogens is 1. The van der Waals surface area contributed by atoms with Gasteiger partial charge in [-0.2, -0.15) is 0 Å². The molecule has 1 aromatic heterocycles. The number of nitrogens with one attached hydrogen (secondary N) is 1. The van der Waals surface area contributed by atoms with Crippen LogP contribution in [0, 0.1) is 19.3 Å². The van der Waals surface area contributed by atoms with Gasteiger partial charge in [0.15, 0.2) is 0 Å². The van der Waals surface area contributed by atoms with Crippen LogP contribution in [0.25, 0.3) is 6.08 Å². The number of amides is 1. The van der Waals surface area contributed by atoms with Crippen molar-refractivity contribution in [3.8, 4) is 0 Å². The average molecular weight is 332 g/mol. The molecule has 5 heteroatoms. The first-order valence-electron chi connectivity index (χ1n) is 8.25. The second-order valence-corrected chi connectivity index (χ2v) is 8.23. The number of nitrogens with zero attached hydrogens (tertiary/aromatic N) is 1. The summed E-state index contributed by atoms with van der Waals surface area (Å²) in [6.07, 6.45) is 2.64. The van der Waals surface area contributed by atoms with Crippen molar-refractivity contribution in [3.05, 3.63) is 28.2 Å². The summed E-state index contributed by atoms with van der Waals surface area (Å²) in [5, 5.41) is 0. The molecule has 0 unspecified atom stereocenters. The molecule has 1 aromatic rings. The largest absolute Gasteiger partial charge is 0.455 e. The summed E-state index contributed by atoms with van der Waals surface area (Å²) >= 11 is 0. The molecule has 0 saturated carbocycles. The summed E-state index contributed by atoms with van der Waals surface area (Å²) in [6.45, 7) is 13.3. The topological polar surface area (TPSA) is 62.4 Å². The molecule has 24 heavy (non-hydrogen) atoms. The Labute approximate surface area is 144 Å². The molecule has 1 amide bonds. The Hall–Kier alpha value is -2.04. The molecule has 1 aliphatic heterocycles. The van der Waals surface area contributed by atoms with Gasteiger partial charge in [-0.1, -0.05) is 13.8 Å². The van der Waals surface area contributed by atoms with E-state index in [0.717, 1.165) is 22.5 Å². The third kappa shape index (κ3) is 3.40. The summed E-state index contributed by atoms with van der Waals surface area (Å²) in [5.74, 6) is -0.244. The second-order valence-electron chi connectivity index (χ2n) is 8.23. The third-order valence-electron chi connectivity index (χ3n) is 4.45. The van der Waals surface area contributed by atoms with E-state index in [1.807, 2.05) is 54.5 Å². The van der Waals surface area contributed by atoms with E-state index in [4.69, 9.17) is 4.74 Å². The van der Waals surface area contributed by atoms with E-state index in [9.17, 15) is 9.59 Å². The Morgan fingerprint density at radius 3 is 2.29 bits per heavy atom. The van der Waals surface area contributed by atoms with Crippen LogP contribution in [0.15, 0.2) is 5.70 Å². The van der Waals surface area contributed by atoms with E-state index < -0.39 is 5.60 Å². The summed E-state index contributed by atoms with van der Waals surface area (Å²) in [7, 11) is 1.79. The molecule has 0 radical (unpaired) electrons. The summed E-state index contributed by atoms with van der Waals surface area (Å²) in [4.78, 5) is 29.5. The van der Waals surface area contributed by atoms with Crippen molar-refractivity contribution in [2.75, 3.05) is 7.05 Å². The normalized spacial score (nSPS) is 19.2. The fraction of sp³-hybridized carbons (Fsp3) is 0.579. The number of H-pyrrole nitrogens is 1. The molecule has 0 aromatic carbocycles. The van der Waals surface area contributed by atoms with Gasteiger partial charge in [0.1, 0.15) is 11.3 Å². The quantitative estimate of drug-likeness (QED) is 0.838. The van der Waals surface area contributed by atoms with Crippen molar-refractivity contribution in [3.63, 3.8) is 0 Å². The maximum Gasteiger partial charge on any atom is 0.355 e. The number of hydrogen-bond acceptors (Lipinski definition) is 3. The molecule has 1 saturated heterocycles. The van der Waals surface area contributed by atoms with Crippen LogP contribution < -0.4 is 0 Å². The van der Waals surface area contributed by atoms with Crippen molar-refractivity contribution in [2.45, 2.75) is 60.5 Å². The van der Waals surface area contributed by atoms with Crippen LogP contribution in [0.5, 0.6) is 0 Å². The zero-order chi connectivity index (χ0) is 18.4. The minimum Gasteiger partial charge on any atom is -0.455 e. The van der Waals surface area contributed by atoms with Crippen LogP contribution >= 0.6 is 0 Å². The zero-order valence-electron chi connectivity index (χ0n) is 16.0. The summed E-state index contributed by atoms with van der Waals surface area (Å²) in [5.41, 5.74) is 3.22. The molecule has 2 rings (SSSR count). The first-order chi connectivity index (χ1) is 10.8. The SMILES string of the molecule is Cc1c(/C=C2\CC(C)(C)C(=O)N2C)[nH]c(C(=O)OC(C)(C)C)c1C. The number of rotatable bonds is 2. The van der Waals surface area contributed by atoms with Gasteiger partial charge >= 0.3 is 5.97 Å². The van der Waals surface area contributed by atoms with Crippen molar-refractivity contribution >= 4 is 18.0 Å². The van der Waals surface area contributed by atoms with Crippen molar-refractivity contribution < 1.29 is 14.3 Å². The highest BCUT2D eigenvalue weighted by Gasteiger charge is 2.40. The van der Waals surface area contributed by atoms with Gasteiger partial charge in [0.05, 0.1) is 0 Å². The third-order valence-corrected chi connectivity index (χ3v) is 4.45. The van der Waals surface area contributed by atoms with Crippen LogP contribution in [-0.2, 0) is 9.53 Å². The highest BCUT2D eigenvalue weighted by atomic mass is 16.6. The number of ether oxygens (including phenoxy) is 1. The lowest BCUT2D eigenvalue weighted by molar-refractivity contribution is -0.132. The second kappa shape index (κ2) is 5.80. The first kappa shape index (κ1) is 18.3. The highest BCUT2D eigenvalue weighted by Crippen LogP contribution is 2.38. The number of allylic oxidation sites excluding steroid dienone is 1. The van der Waals surface area contributed by atoms with Crippen molar-refractivity contribution in [1.29, 1.82) is 0 Å². The molecule has 1 aliphatic rings.